The molecule has 0 aromatic rings. The van der Waals surface area contributed by atoms with Crippen molar-refractivity contribution in [1.82, 2.24) is 10.6 Å². The van der Waals surface area contributed by atoms with Gasteiger partial charge in [0.1, 0.15) is 0 Å². The standard InChI is InChI=1S/C8H16N2O3/c1-5(8(12)13)4-10-7(11)6(2)9-3/h5-6,9H,4H2,1-3H3,(H,10,11)(H,12,13). The molecule has 0 spiro atoms. The Labute approximate surface area is 77.5 Å². The normalized spacial score (nSPS) is 14.7. The maximum Gasteiger partial charge on any atom is 0.308 e. The van der Waals surface area contributed by atoms with E-state index in [9.17, 15) is 9.59 Å². The fourth-order valence-electron chi connectivity index (χ4n) is 0.625. The average Bonchev–Trinajstić information content (AvgIpc) is 2.11. The lowest BCUT2D eigenvalue weighted by atomic mass is 10.2. The third kappa shape index (κ3) is 4.47. The monoisotopic (exact) mass is 188 g/mol. The third-order valence-electron chi connectivity index (χ3n) is 1.83. The number of aliphatic carboxylic acids is 1. The molecule has 5 nitrogen and oxygen atoms in total. The highest BCUT2D eigenvalue weighted by Gasteiger charge is 2.14. The van der Waals surface area contributed by atoms with Crippen molar-refractivity contribution in [2.24, 2.45) is 5.92 Å². The summed E-state index contributed by atoms with van der Waals surface area (Å²) in [5.74, 6) is -1.64. The van der Waals surface area contributed by atoms with E-state index in [-0.39, 0.29) is 18.5 Å². The quantitative estimate of drug-likeness (QED) is 0.540. The minimum absolute atomic E-state index is 0.167. The van der Waals surface area contributed by atoms with Crippen LogP contribution in [-0.2, 0) is 9.59 Å². The molecule has 0 rings (SSSR count). The number of likely N-dealkylation sites (N-methyl/N-ethyl adjacent to an activating group) is 1. The Balaban J connectivity index is 3.76. The van der Waals surface area contributed by atoms with E-state index in [0.717, 1.165) is 0 Å². The molecule has 5 heteroatoms. The van der Waals surface area contributed by atoms with Crippen molar-refractivity contribution in [2.75, 3.05) is 13.6 Å². The SMILES string of the molecule is CNC(C)C(=O)NCC(C)C(=O)O. The van der Waals surface area contributed by atoms with Crippen LogP contribution < -0.4 is 10.6 Å². The summed E-state index contributed by atoms with van der Waals surface area (Å²) < 4.78 is 0. The van der Waals surface area contributed by atoms with Gasteiger partial charge >= 0.3 is 5.97 Å². The van der Waals surface area contributed by atoms with E-state index in [4.69, 9.17) is 5.11 Å². The van der Waals surface area contributed by atoms with Gasteiger partial charge in [0, 0.05) is 6.54 Å². The zero-order valence-electron chi connectivity index (χ0n) is 8.13. The third-order valence-corrected chi connectivity index (χ3v) is 1.83. The summed E-state index contributed by atoms with van der Waals surface area (Å²) in [5, 5.41) is 13.8. The number of rotatable bonds is 5. The molecule has 0 radical (unpaired) electrons. The van der Waals surface area contributed by atoms with Crippen LogP contribution in [0.1, 0.15) is 13.8 Å². The molecule has 2 atom stereocenters. The first-order valence-electron chi connectivity index (χ1n) is 4.16. The van der Waals surface area contributed by atoms with E-state index < -0.39 is 11.9 Å². The molecular weight excluding hydrogens is 172 g/mol. The van der Waals surface area contributed by atoms with Gasteiger partial charge in [-0.25, -0.2) is 0 Å². The molecule has 0 saturated carbocycles. The number of carboxylic acid groups (broad SMARTS) is 1. The van der Waals surface area contributed by atoms with Crippen LogP contribution in [0.15, 0.2) is 0 Å². The zero-order chi connectivity index (χ0) is 10.4. The first-order valence-corrected chi connectivity index (χ1v) is 4.16. The molecule has 0 aromatic carbocycles. The summed E-state index contributed by atoms with van der Waals surface area (Å²) in [6.07, 6.45) is 0. The molecule has 0 aliphatic carbocycles. The lowest BCUT2D eigenvalue weighted by Gasteiger charge is -2.12. The van der Waals surface area contributed by atoms with Gasteiger partial charge in [0.15, 0.2) is 0 Å². The van der Waals surface area contributed by atoms with E-state index in [0.29, 0.717) is 0 Å². The van der Waals surface area contributed by atoms with Crippen molar-refractivity contribution in [3.8, 4) is 0 Å². The minimum Gasteiger partial charge on any atom is -0.481 e. The Bertz CT molecular complexity index is 194. The van der Waals surface area contributed by atoms with Gasteiger partial charge in [0.05, 0.1) is 12.0 Å². The highest BCUT2D eigenvalue weighted by Crippen LogP contribution is 1.91. The van der Waals surface area contributed by atoms with Crippen LogP contribution in [0.5, 0.6) is 0 Å². The van der Waals surface area contributed by atoms with E-state index in [1.54, 1.807) is 20.9 Å². The second kappa shape index (κ2) is 5.53. The first kappa shape index (κ1) is 11.9. The first-order chi connectivity index (χ1) is 5.99. The molecule has 0 aliphatic rings. The molecule has 0 aromatic heterocycles. The molecule has 0 saturated heterocycles. The van der Waals surface area contributed by atoms with Crippen LogP contribution >= 0.6 is 0 Å². The van der Waals surface area contributed by atoms with Crippen molar-refractivity contribution in [1.29, 1.82) is 0 Å². The van der Waals surface area contributed by atoms with Gasteiger partial charge in [-0.05, 0) is 14.0 Å². The van der Waals surface area contributed by atoms with Gasteiger partial charge in [0.2, 0.25) is 5.91 Å². The van der Waals surface area contributed by atoms with Gasteiger partial charge < -0.3 is 15.7 Å². The summed E-state index contributed by atoms with van der Waals surface area (Å²) in [6.45, 7) is 3.42. The van der Waals surface area contributed by atoms with E-state index in [1.165, 1.54) is 0 Å². The number of amides is 1. The van der Waals surface area contributed by atoms with Gasteiger partial charge in [0.25, 0.3) is 0 Å². The predicted octanol–water partition coefficient (Wildman–Crippen LogP) is -0.569. The van der Waals surface area contributed by atoms with Gasteiger partial charge in [-0.3, -0.25) is 9.59 Å². The van der Waals surface area contributed by atoms with Gasteiger partial charge in [-0.2, -0.15) is 0 Å². The Morgan fingerprint density at radius 3 is 2.31 bits per heavy atom. The topological polar surface area (TPSA) is 78.4 Å². The maximum atomic E-state index is 11.1. The number of carboxylic acids is 1. The van der Waals surface area contributed by atoms with Gasteiger partial charge in [-0.1, -0.05) is 6.92 Å². The summed E-state index contributed by atoms with van der Waals surface area (Å²) in [7, 11) is 1.67. The fourth-order valence-corrected chi connectivity index (χ4v) is 0.625. The lowest BCUT2D eigenvalue weighted by molar-refractivity contribution is -0.141. The largest absolute Gasteiger partial charge is 0.481 e. The van der Waals surface area contributed by atoms with E-state index in [2.05, 4.69) is 10.6 Å². The number of hydrogen-bond donors (Lipinski definition) is 3. The van der Waals surface area contributed by atoms with Gasteiger partial charge in [-0.15, -0.1) is 0 Å². The van der Waals surface area contributed by atoms with Crippen LogP contribution in [0.2, 0.25) is 0 Å². The molecular formula is C8H16N2O3. The van der Waals surface area contributed by atoms with Crippen molar-refractivity contribution < 1.29 is 14.7 Å². The molecule has 0 heterocycles. The molecule has 0 fully saturated rings. The average molecular weight is 188 g/mol. The number of carbonyl (C=O) groups excluding carboxylic acids is 1. The molecule has 3 N–H and O–H groups in total. The van der Waals surface area contributed by atoms with Crippen LogP contribution in [0.4, 0.5) is 0 Å². The summed E-state index contributed by atoms with van der Waals surface area (Å²) in [4.78, 5) is 21.5. The van der Waals surface area contributed by atoms with Crippen molar-refractivity contribution in [3.63, 3.8) is 0 Å². The van der Waals surface area contributed by atoms with E-state index >= 15 is 0 Å². The number of hydrogen-bond acceptors (Lipinski definition) is 3. The molecule has 1 amide bonds. The highest BCUT2D eigenvalue weighted by molar-refractivity contribution is 5.81. The molecule has 13 heavy (non-hydrogen) atoms. The summed E-state index contributed by atoms with van der Waals surface area (Å²) >= 11 is 0. The van der Waals surface area contributed by atoms with E-state index in [1.807, 2.05) is 0 Å². The second-order valence-corrected chi connectivity index (χ2v) is 2.99. The Kier molecular flexibility index (Phi) is 5.06. The van der Waals surface area contributed by atoms with Crippen molar-refractivity contribution in [2.45, 2.75) is 19.9 Å². The summed E-state index contributed by atoms with van der Waals surface area (Å²) in [6, 6.07) is -0.291. The van der Waals surface area contributed by atoms with Crippen LogP contribution in [0.3, 0.4) is 0 Å². The number of nitrogens with one attached hydrogen (secondary N) is 2. The fraction of sp³-hybridized carbons (Fsp3) is 0.750. The Morgan fingerprint density at radius 2 is 1.92 bits per heavy atom. The molecule has 0 aliphatic heterocycles. The zero-order valence-corrected chi connectivity index (χ0v) is 8.13. The lowest BCUT2D eigenvalue weighted by Crippen LogP contribution is -2.42. The molecule has 2 unspecified atom stereocenters. The van der Waals surface area contributed by atoms with Crippen LogP contribution in [0.25, 0.3) is 0 Å². The Hall–Kier alpha value is -1.10. The molecule has 76 valence electrons. The summed E-state index contributed by atoms with van der Waals surface area (Å²) in [5.41, 5.74) is 0. The van der Waals surface area contributed by atoms with Crippen LogP contribution in [-0.4, -0.2) is 36.6 Å². The number of carbonyl (C=O) groups is 2. The highest BCUT2D eigenvalue weighted by atomic mass is 16.4. The van der Waals surface area contributed by atoms with Crippen LogP contribution in [0, 0.1) is 5.92 Å². The predicted molar refractivity (Wildman–Crippen MR) is 48.3 cm³/mol. The second-order valence-electron chi connectivity index (χ2n) is 2.99. The molecule has 0 bridgehead atoms. The minimum atomic E-state index is -0.905. The Morgan fingerprint density at radius 1 is 1.38 bits per heavy atom. The smallest absolute Gasteiger partial charge is 0.308 e. The maximum absolute atomic E-state index is 11.1. The van der Waals surface area contributed by atoms with Crippen molar-refractivity contribution >= 4 is 11.9 Å². The van der Waals surface area contributed by atoms with Crippen molar-refractivity contribution in [3.05, 3.63) is 0 Å².